The Balaban J connectivity index is 1.51. The summed E-state index contributed by atoms with van der Waals surface area (Å²) < 4.78 is 14.1. The van der Waals surface area contributed by atoms with Crippen LogP contribution < -0.4 is 9.47 Å². The van der Waals surface area contributed by atoms with Gasteiger partial charge < -0.3 is 14.0 Å². The predicted octanol–water partition coefficient (Wildman–Crippen LogP) is 5.96. The van der Waals surface area contributed by atoms with E-state index in [9.17, 15) is 0 Å². The van der Waals surface area contributed by atoms with Gasteiger partial charge in [-0.15, -0.1) is 0 Å². The summed E-state index contributed by atoms with van der Waals surface area (Å²) in [6.45, 7) is 5.75. The summed E-state index contributed by atoms with van der Waals surface area (Å²) in [5.74, 6) is 2.38. The van der Waals surface area contributed by atoms with E-state index in [4.69, 9.17) is 26.1 Å². The number of rotatable bonds is 7. The van der Waals surface area contributed by atoms with Gasteiger partial charge in [0.25, 0.3) is 0 Å². The Labute approximate surface area is 175 Å². The molecule has 1 aromatic heterocycles. The Morgan fingerprint density at radius 3 is 2.52 bits per heavy atom. The van der Waals surface area contributed by atoms with Crippen LogP contribution in [0.15, 0.2) is 66.7 Å². The molecular weight excluding hydrogens is 384 g/mol. The summed E-state index contributed by atoms with van der Waals surface area (Å²) in [6, 6.07) is 21.7. The highest BCUT2D eigenvalue weighted by Crippen LogP contribution is 2.25. The fourth-order valence-electron chi connectivity index (χ4n) is 3.25. The van der Waals surface area contributed by atoms with Gasteiger partial charge in [0.2, 0.25) is 0 Å². The quantitative estimate of drug-likeness (QED) is 0.379. The van der Waals surface area contributed by atoms with E-state index in [0.717, 1.165) is 22.6 Å². The van der Waals surface area contributed by atoms with Crippen LogP contribution in [0.4, 0.5) is 0 Å². The maximum atomic E-state index is 6.21. The highest BCUT2D eigenvalue weighted by molar-refractivity contribution is 6.32. The number of benzene rings is 3. The van der Waals surface area contributed by atoms with Gasteiger partial charge in [-0.3, -0.25) is 0 Å². The van der Waals surface area contributed by atoms with Gasteiger partial charge in [-0.1, -0.05) is 41.9 Å². The zero-order valence-corrected chi connectivity index (χ0v) is 17.3. The summed E-state index contributed by atoms with van der Waals surface area (Å²) >= 11 is 6.21. The molecule has 0 aliphatic rings. The van der Waals surface area contributed by atoms with E-state index in [-0.39, 0.29) is 0 Å². The number of nitrogens with zero attached hydrogens (tertiary/aromatic N) is 2. The van der Waals surface area contributed by atoms with Crippen LogP contribution in [-0.2, 0) is 13.2 Å². The molecule has 148 valence electrons. The number of halogens is 1. The minimum absolute atomic E-state index is 0.335. The summed E-state index contributed by atoms with van der Waals surface area (Å²) in [5.41, 5.74) is 4.49. The van der Waals surface area contributed by atoms with Crippen LogP contribution in [0, 0.1) is 13.8 Å². The molecule has 0 bridgehead atoms. The van der Waals surface area contributed by atoms with Gasteiger partial charge in [-0.2, -0.15) is 0 Å². The van der Waals surface area contributed by atoms with Crippen LogP contribution in [0.3, 0.4) is 0 Å². The lowest BCUT2D eigenvalue weighted by molar-refractivity contribution is 0.272. The third kappa shape index (κ3) is 4.38. The molecule has 0 N–H and O–H groups in total. The van der Waals surface area contributed by atoms with Crippen molar-refractivity contribution in [3.8, 4) is 11.5 Å². The van der Waals surface area contributed by atoms with Gasteiger partial charge >= 0.3 is 0 Å². The molecule has 4 aromatic rings. The summed E-state index contributed by atoms with van der Waals surface area (Å²) in [7, 11) is 0. The molecule has 0 spiro atoms. The molecule has 0 amide bonds. The Kier molecular flexibility index (Phi) is 5.72. The van der Waals surface area contributed by atoms with Crippen LogP contribution in [-0.4, -0.2) is 16.2 Å². The van der Waals surface area contributed by atoms with Crippen LogP contribution in [0.25, 0.3) is 11.0 Å². The number of ether oxygens (including phenoxy) is 2. The first-order valence-corrected chi connectivity index (χ1v) is 10.0. The number of imidazole rings is 1. The molecule has 4 nitrogen and oxygen atoms in total. The Hall–Kier alpha value is -2.98. The molecule has 0 unspecified atom stereocenters. The lowest BCUT2D eigenvalue weighted by Gasteiger charge is -2.13. The fraction of sp³-hybridized carbons (Fsp3) is 0.208. The number of aryl methyl sites for hydroxylation is 2. The van der Waals surface area contributed by atoms with Crippen molar-refractivity contribution in [3.05, 3.63) is 88.7 Å². The third-order valence-electron chi connectivity index (χ3n) is 4.99. The molecule has 0 fully saturated rings. The highest BCUT2D eigenvalue weighted by atomic mass is 35.5. The number of hydrogen-bond acceptors (Lipinski definition) is 3. The number of fused-ring (bicyclic) bond motifs is 1. The monoisotopic (exact) mass is 406 g/mol. The van der Waals surface area contributed by atoms with E-state index in [1.165, 1.54) is 11.1 Å². The van der Waals surface area contributed by atoms with Crippen LogP contribution in [0.2, 0.25) is 5.02 Å². The molecule has 3 aromatic carbocycles. The largest absolute Gasteiger partial charge is 0.492 e. The standard InChI is InChI=1S/C24H23ClN2O2/c1-17-11-12-19(15-18(17)2)28-14-13-27-22-9-5-4-8-21(22)26-24(27)16-29-23-10-6-3-7-20(23)25/h3-12,15H,13-14,16H2,1-2H3. The van der Waals surface area contributed by atoms with E-state index in [1.807, 2.05) is 48.5 Å². The van der Waals surface area contributed by atoms with Crippen molar-refractivity contribution >= 4 is 22.6 Å². The van der Waals surface area contributed by atoms with Crippen molar-refractivity contribution in [2.75, 3.05) is 6.61 Å². The van der Waals surface area contributed by atoms with Gasteiger partial charge in [-0.05, 0) is 61.4 Å². The van der Waals surface area contributed by atoms with Gasteiger partial charge in [0.15, 0.2) is 0 Å². The Morgan fingerprint density at radius 1 is 0.897 bits per heavy atom. The van der Waals surface area contributed by atoms with Crippen molar-refractivity contribution in [1.82, 2.24) is 9.55 Å². The van der Waals surface area contributed by atoms with Crippen molar-refractivity contribution in [3.63, 3.8) is 0 Å². The second-order valence-corrected chi connectivity index (χ2v) is 7.39. The van der Waals surface area contributed by atoms with Gasteiger partial charge in [-0.25, -0.2) is 4.98 Å². The molecule has 0 saturated heterocycles. The first-order valence-electron chi connectivity index (χ1n) is 9.63. The van der Waals surface area contributed by atoms with E-state index in [0.29, 0.717) is 30.5 Å². The maximum Gasteiger partial charge on any atom is 0.148 e. The van der Waals surface area contributed by atoms with Crippen molar-refractivity contribution in [2.24, 2.45) is 0 Å². The van der Waals surface area contributed by atoms with E-state index in [1.54, 1.807) is 0 Å². The maximum absolute atomic E-state index is 6.21. The van der Waals surface area contributed by atoms with Gasteiger partial charge in [0, 0.05) is 0 Å². The molecular formula is C24H23ClN2O2. The molecule has 4 rings (SSSR count). The molecule has 1 heterocycles. The summed E-state index contributed by atoms with van der Waals surface area (Å²) in [4.78, 5) is 4.75. The summed E-state index contributed by atoms with van der Waals surface area (Å²) in [5, 5.41) is 0.591. The minimum Gasteiger partial charge on any atom is -0.492 e. The molecule has 0 aliphatic heterocycles. The van der Waals surface area contributed by atoms with Gasteiger partial charge in [0.05, 0.1) is 22.6 Å². The second-order valence-electron chi connectivity index (χ2n) is 6.98. The Bertz CT molecular complexity index is 1140. The topological polar surface area (TPSA) is 36.3 Å². The second kappa shape index (κ2) is 8.58. The average Bonchev–Trinajstić information content (AvgIpc) is 3.08. The first-order chi connectivity index (χ1) is 14.1. The fourth-order valence-corrected chi connectivity index (χ4v) is 3.44. The van der Waals surface area contributed by atoms with Crippen molar-refractivity contribution < 1.29 is 9.47 Å². The lowest BCUT2D eigenvalue weighted by Crippen LogP contribution is -2.13. The van der Waals surface area contributed by atoms with E-state index < -0.39 is 0 Å². The van der Waals surface area contributed by atoms with Crippen LogP contribution >= 0.6 is 11.6 Å². The molecule has 5 heteroatoms. The third-order valence-corrected chi connectivity index (χ3v) is 5.30. The Morgan fingerprint density at radius 2 is 1.69 bits per heavy atom. The number of hydrogen-bond donors (Lipinski definition) is 0. The number of aromatic nitrogens is 2. The molecule has 0 radical (unpaired) electrons. The number of para-hydroxylation sites is 3. The lowest BCUT2D eigenvalue weighted by atomic mass is 10.1. The molecule has 0 atom stereocenters. The zero-order valence-electron chi connectivity index (χ0n) is 16.6. The molecule has 0 aliphatic carbocycles. The zero-order chi connectivity index (χ0) is 20.2. The summed E-state index contributed by atoms with van der Waals surface area (Å²) in [6.07, 6.45) is 0. The van der Waals surface area contributed by atoms with Crippen LogP contribution in [0.1, 0.15) is 17.0 Å². The predicted molar refractivity (Wildman–Crippen MR) is 117 cm³/mol. The molecule has 29 heavy (non-hydrogen) atoms. The van der Waals surface area contributed by atoms with E-state index in [2.05, 4.69) is 36.6 Å². The molecule has 0 saturated carbocycles. The SMILES string of the molecule is Cc1ccc(OCCn2c(COc3ccccc3Cl)nc3ccccc32)cc1C. The van der Waals surface area contributed by atoms with Crippen molar-refractivity contribution in [1.29, 1.82) is 0 Å². The van der Waals surface area contributed by atoms with Gasteiger partial charge in [0.1, 0.15) is 30.5 Å². The van der Waals surface area contributed by atoms with E-state index >= 15 is 0 Å². The normalized spacial score (nSPS) is 11.0. The highest BCUT2D eigenvalue weighted by Gasteiger charge is 2.12. The minimum atomic E-state index is 0.335. The smallest absolute Gasteiger partial charge is 0.148 e. The van der Waals surface area contributed by atoms with Crippen LogP contribution in [0.5, 0.6) is 11.5 Å². The first kappa shape index (κ1) is 19.3. The average molecular weight is 407 g/mol. The van der Waals surface area contributed by atoms with Crippen molar-refractivity contribution in [2.45, 2.75) is 27.0 Å².